The molecule has 9 heteroatoms. The van der Waals surface area contributed by atoms with E-state index in [1.807, 2.05) is 0 Å². The van der Waals surface area contributed by atoms with Gasteiger partial charge in [-0.15, -0.1) is 0 Å². The Morgan fingerprint density at radius 1 is 0.414 bits per heavy atom. The monoisotopic (exact) mass is 470 g/mol. The third-order valence-electron chi connectivity index (χ3n) is 3.71. The van der Waals surface area contributed by atoms with Crippen LogP contribution in [0.2, 0.25) is 0 Å². The number of thioether (sulfide) groups is 1. The van der Waals surface area contributed by atoms with Crippen LogP contribution in [0.5, 0.6) is 0 Å². The summed E-state index contributed by atoms with van der Waals surface area (Å²) >= 11 is 1.74. The molecule has 0 unspecified atom stereocenters. The second kappa shape index (κ2) is 19.2. The summed E-state index contributed by atoms with van der Waals surface area (Å²) in [6.45, 7) is 16.6. The zero-order valence-corrected chi connectivity index (χ0v) is 22.6. The van der Waals surface area contributed by atoms with Gasteiger partial charge in [0.1, 0.15) is 0 Å². The first-order valence-electron chi connectivity index (χ1n) is 11.5. The first-order chi connectivity index (χ1) is 14.1. The molecule has 0 rings (SSSR count). The fourth-order valence-electron chi connectivity index (χ4n) is 2.35. The Bertz CT molecular complexity index is 290. The van der Waals surface area contributed by atoms with Gasteiger partial charge in [0, 0.05) is 39.6 Å². The van der Waals surface area contributed by atoms with Crippen LogP contribution in [-0.2, 0) is 26.6 Å². The molecule has 0 atom stereocenters. The summed E-state index contributed by atoms with van der Waals surface area (Å²) in [4.78, 5) is 0. The van der Waals surface area contributed by atoms with E-state index in [1.54, 1.807) is 11.8 Å². The maximum Gasteiger partial charge on any atom is 0.511 e. The van der Waals surface area contributed by atoms with Crippen molar-refractivity contribution in [2.75, 3.05) is 50.4 Å². The van der Waals surface area contributed by atoms with Gasteiger partial charge in [0.05, 0.1) is 10.8 Å². The van der Waals surface area contributed by atoms with Crippen molar-refractivity contribution in [3.8, 4) is 0 Å². The van der Waals surface area contributed by atoms with E-state index >= 15 is 0 Å². The van der Waals surface area contributed by atoms with Gasteiger partial charge in [-0.3, -0.25) is 0 Å². The van der Waals surface area contributed by atoms with Crippen LogP contribution in [-0.4, -0.2) is 68.0 Å². The Kier molecular flexibility index (Phi) is 19.6. The molecule has 0 spiro atoms. The van der Waals surface area contributed by atoms with Gasteiger partial charge in [-0.1, -0.05) is 41.5 Å². The molecule has 0 saturated heterocycles. The summed E-state index contributed by atoms with van der Waals surface area (Å²) in [6, 6.07) is 0. The Morgan fingerprint density at radius 2 is 0.621 bits per heavy atom. The zero-order valence-electron chi connectivity index (χ0n) is 19.8. The largest absolute Gasteiger partial charge is 0.511 e. The van der Waals surface area contributed by atoms with Crippen LogP contribution >= 0.6 is 11.8 Å². The summed E-state index contributed by atoms with van der Waals surface area (Å²) in [5.74, 6) is 0. The number of hydrogen-bond donors (Lipinski definition) is 0. The molecule has 0 N–H and O–H groups in total. The van der Waals surface area contributed by atoms with Crippen LogP contribution in [0.25, 0.3) is 0 Å². The third-order valence-corrected chi connectivity index (χ3v) is 12.0. The molecule has 0 heterocycles. The topological polar surface area (TPSA) is 55.4 Å². The summed E-state index contributed by atoms with van der Waals surface area (Å²) in [5.41, 5.74) is 0. The standard InChI is InChI=1S/C20H46O6SSi2/c1-7-13-21-28(22-14-8-2,23-15-9-3)19-27-20-29(24-16-10-4,25-17-11-5)26-18-12-6/h7-20H2,1-6H3. The molecule has 0 amide bonds. The average molecular weight is 471 g/mol. The van der Waals surface area contributed by atoms with E-state index in [0.29, 0.717) is 50.4 Å². The molecule has 0 aliphatic heterocycles. The lowest BCUT2D eigenvalue weighted by molar-refractivity contribution is 0.0640. The predicted molar refractivity (Wildman–Crippen MR) is 126 cm³/mol. The van der Waals surface area contributed by atoms with E-state index in [9.17, 15) is 0 Å². The predicted octanol–water partition coefficient (Wildman–Crippen LogP) is 5.24. The fraction of sp³-hybridized carbons (Fsp3) is 1.00. The lowest BCUT2D eigenvalue weighted by atomic mass is 10.5. The van der Waals surface area contributed by atoms with E-state index in [0.717, 1.165) is 38.5 Å². The molecule has 0 saturated carbocycles. The molecule has 0 fully saturated rings. The molecule has 0 aromatic carbocycles. The maximum absolute atomic E-state index is 6.21. The van der Waals surface area contributed by atoms with Crippen LogP contribution in [0.15, 0.2) is 0 Å². The van der Waals surface area contributed by atoms with E-state index in [4.69, 9.17) is 26.6 Å². The average Bonchev–Trinajstić information content (AvgIpc) is 2.75. The van der Waals surface area contributed by atoms with Crippen molar-refractivity contribution in [2.24, 2.45) is 0 Å². The van der Waals surface area contributed by atoms with Crippen molar-refractivity contribution in [2.45, 2.75) is 80.1 Å². The highest BCUT2D eigenvalue weighted by Gasteiger charge is 2.45. The lowest BCUT2D eigenvalue weighted by Crippen LogP contribution is -2.53. The SMILES string of the molecule is CCCO[Si](CSC[Si](OCCC)(OCCC)OCCC)(OCCC)OCCC. The van der Waals surface area contributed by atoms with Crippen molar-refractivity contribution in [1.82, 2.24) is 0 Å². The molecule has 0 radical (unpaired) electrons. The minimum Gasteiger partial charge on any atom is -0.373 e. The maximum atomic E-state index is 6.21. The second-order valence-corrected chi connectivity index (χ2v) is 14.1. The van der Waals surface area contributed by atoms with Gasteiger partial charge in [0.15, 0.2) is 0 Å². The van der Waals surface area contributed by atoms with Crippen LogP contribution in [0.3, 0.4) is 0 Å². The molecule has 0 aliphatic carbocycles. The highest BCUT2D eigenvalue weighted by molar-refractivity contribution is 8.02. The van der Waals surface area contributed by atoms with Crippen LogP contribution in [0.4, 0.5) is 0 Å². The minimum atomic E-state index is -2.73. The van der Waals surface area contributed by atoms with Crippen molar-refractivity contribution >= 4 is 29.4 Å². The quantitative estimate of drug-likeness (QED) is 0.201. The lowest BCUT2D eigenvalue weighted by Gasteiger charge is -2.32. The molecule has 6 nitrogen and oxygen atoms in total. The van der Waals surface area contributed by atoms with Crippen molar-refractivity contribution in [3.63, 3.8) is 0 Å². The number of rotatable bonds is 22. The van der Waals surface area contributed by atoms with Crippen LogP contribution in [0.1, 0.15) is 80.1 Å². The minimum absolute atomic E-state index is 0.661. The van der Waals surface area contributed by atoms with Crippen molar-refractivity contribution in [1.29, 1.82) is 0 Å². The molecule has 0 aliphatic rings. The van der Waals surface area contributed by atoms with Gasteiger partial charge >= 0.3 is 17.6 Å². The molecular formula is C20H46O6SSi2. The van der Waals surface area contributed by atoms with E-state index in [-0.39, 0.29) is 0 Å². The Hall–Kier alpha value is 0.544. The third kappa shape index (κ3) is 13.5. The Balaban J connectivity index is 5.21. The highest BCUT2D eigenvalue weighted by Crippen LogP contribution is 2.24. The van der Waals surface area contributed by atoms with Crippen molar-refractivity contribution in [3.05, 3.63) is 0 Å². The van der Waals surface area contributed by atoms with Gasteiger partial charge in [0.2, 0.25) is 0 Å². The smallest absolute Gasteiger partial charge is 0.373 e. The van der Waals surface area contributed by atoms with Crippen LogP contribution in [0, 0.1) is 0 Å². The molecule has 176 valence electrons. The molecule has 0 bridgehead atoms. The van der Waals surface area contributed by atoms with Gasteiger partial charge < -0.3 is 26.6 Å². The number of hydrogen-bond acceptors (Lipinski definition) is 7. The molecule has 0 aromatic rings. The first kappa shape index (κ1) is 29.5. The first-order valence-corrected chi connectivity index (χ1v) is 16.5. The fourth-order valence-corrected chi connectivity index (χ4v) is 11.3. The summed E-state index contributed by atoms with van der Waals surface area (Å²) < 4.78 is 37.2. The molecule has 29 heavy (non-hydrogen) atoms. The van der Waals surface area contributed by atoms with E-state index < -0.39 is 17.6 Å². The van der Waals surface area contributed by atoms with E-state index in [1.165, 1.54) is 0 Å². The van der Waals surface area contributed by atoms with Crippen LogP contribution < -0.4 is 0 Å². The molecular weight excluding hydrogens is 424 g/mol. The Labute approximate surface area is 186 Å². The van der Waals surface area contributed by atoms with Gasteiger partial charge in [-0.25, -0.2) is 0 Å². The van der Waals surface area contributed by atoms with Gasteiger partial charge in [0.25, 0.3) is 0 Å². The zero-order chi connectivity index (χ0) is 21.8. The summed E-state index contributed by atoms with van der Waals surface area (Å²) in [6.07, 6.45) is 5.68. The molecule has 0 aromatic heterocycles. The normalized spacial score (nSPS) is 12.6. The van der Waals surface area contributed by atoms with Gasteiger partial charge in [-0.2, -0.15) is 11.8 Å². The van der Waals surface area contributed by atoms with E-state index in [2.05, 4.69) is 41.5 Å². The van der Waals surface area contributed by atoms with Crippen molar-refractivity contribution < 1.29 is 26.6 Å². The summed E-state index contributed by atoms with van der Waals surface area (Å²) in [7, 11) is -5.47. The summed E-state index contributed by atoms with van der Waals surface area (Å²) in [5, 5.41) is 1.39. The van der Waals surface area contributed by atoms with Gasteiger partial charge in [-0.05, 0) is 38.5 Å². The highest BCUT2D eigenvalue weighted by atomic mass is 32.2. The Morgan fingerprint density at radius 3 is 0.793 bits per heavy atom. The second-order valence-electron chi connectivity index (χ2n) is 6.95.